The van der Waals surface area contributed by atoms with E-state index in [9.17, 15) is 4.39 Å². The van der Waals surface area contributed by atoms with Gasteiger partial charge in [0.15, 0.2) is 6.23 Å². The normalized spacial score (nSPS) is 15.9. The number of hydrogen-bond acceptors (Lipinski definition) is 5. The zero-order chi connectivity index (χ0) is 24.5. The minimum atomic E-state index is -0.258. The van der Waals surface area contributed by atoms with Crippen molar-refractivity contribution in [2.75, 3.05) is 11.9 Å². The van der Waals surface area contributed by atoms with E-state index < -0.39 is 0 Å². The van der Waals surface area contributed by atoms with E-state index in [0.29, 0.717) is 12.5 Å². The average molecular weight is 483 g/mol. The van der Waals surface area contributed by atoms with Gasteiger partial charge in [-0.15, -0.1) is 0 Å². The predicted octanol–water partition coefficient (Wildman–Crippen LogP) is 6.25. The molecule has 1 aliphatic heterocycles. The Labute approximate surface area is 208 Å². The van der Waals surface area contributed by atoms with E-state index in [1.165, 1.54) is 12.1 Å². The molecule has 1 fully saturated rings. The number of imidazole rings is 1. The van der Waals surface area contributed by atoms with Gasteiger partial charge in [-0.2, -0.15) is 5.10 Å². The second-order valence-electron chi connectivity index (χ2n) is 9.14. The second kappa shape index (κ2) is 9.54. The van der Waals surface area contributed by atoms with Gasteiger partial charge in [-0.25, -0.2) is 14.1 Å². The number of aryl methyl sites for hydroxylation is 1. The predicted molar refractivity (Wildman–Crippen MR) is 138 cm³/mol. The number of halogens is 1. The molecule has 36 heavy (non-hydrogen) atoms. The molecule has 182 valence electrons. The lowest BCUT2D eigenvalue weighted by molar-refractivity contribution is -0.0366. The third-order valence-electron chi connectivity index (χ3n) is 6.49. The first-order valence-corrected chi connectivity index (χ1v) is 12.3. The number of pyridine rings is 1. The minimum absolute atomic E-state index is 0.0156. The van der Waals surface area contributed by atoms with Crippen molar-refractivity contribution in [3.8, 4) is 22.6 Å². The standard InChI is InChI=1S/C28H27FN6O/c1-18-6-4-9-23(32-18)27-26(33-28(34-27)30-16-19-7-5-8-22(29)14-19)20-11-12-24-21(15-20)17-31-35(24)25-10-2-3-13-36-25/h4-9,11-12,14-15,17,25H,2-3,10,13,16H2,1H3,(H2,30,33,34). The first-order chi connectivity index (χ1) is 17.6. The van der Waals surface area contributed by atoms with E-state index in [4.69, 9.17) is 14.7 Å². The molecule has 0 amide bonds. The summed E-state index contributed by atoms with van der Waals surface area (Å²) in [5.41, 5.74) is 6.18. The van der Waals surface area contributed by atoms with Crippen molar-refractivity contribution in [2.45, 2.75) is 39.0 Å². The van der Waals surface area contributed by atoms with Gasteiger partial charge in [-0.3, -0.25) is 4.98 Å². The Morgan fingerprint density at radius 2 is 2.00 bits per heavy atom. The molecule has 0 aliphatic carbocycles. The minimum Gasteiger partial charge on any atom is -0.356 e. The van der Waals surface area contributed by atoms with Gasteiger partial charge in [0.05, 0.1) is 28.8 Å². The Morgan fingerprint density at radius 3 is 2.83 bits per heavy atom. The Bertz CT molecular complexity index is 1520. The maximum absolute atomic E-state index is 13.6. The van der Waals surface area contributed by atoms with Crippen LogP contribution in [0.15, 0.2) is 66.9 Å². The fraction of sp³-hybridized carbons (Fsp3) is 0.250. The summed E-state index contributed by atoms with van der Waals surface area (Å²) in [6, 6.07) is 18.7. The van der Waals surface area contributed by atoms with Crippen molar-refractivity contribution in [2.24, 2.45) is 0 Å². The monoisotopic (exact) mass is 482 g/mol. The number of H-pyrrole nitrogens is 1. The van der Waals surface area contributed by atoms with Gasteiger partial charge in [0.25, 0.3) is 0 Å². The molecule has 0 bridgehead atoms. The van der Waals surface area contributed by atoms with E-state index in [0.717, 1.165) is 70.7 Å². The summed E-state index contributed by atoms with van der Waals surface area (Å²) in [4.78, 5) is 13.0. The van der Waals surface area contributed by atoms with Crippen LogP contribution in [0.1, 0.15) is 36.7 Å². The quantitative estimate of drug-likeness (QED) is 0.299. The number of ether oxygens (including phenoxy) is 1. The number of hydrogen-bond donors (Lipinski definition) is 2. The number of nitrogens with zero attached hydrogens (tertiary/aromatic N) is 4. The van der Waals surface area contributed by atoms with Gasteiger partial charge in [0.1, 0.15) is 5.82 Å². The number of aromatic nitrogens is 5. The van der Waals surface area contributed by atoms with Crippen LogP contribution in [-0.4, -0.2) is 31.3 Å². The van der Waals surface area contributed by atoms with Crippen LogP contribution in [0.25, 0.3) is 33.5 Å². The molecule has 4 heterocycles. The van der Waals surface area contributed by atoms with E-state index >= 15 is 0 Å². The molecule has 3 aromatic heterocycles. The van der Waals surface area contributed by atoms with Crippen LogP contribution < -0.4 is 5.32 Å². The van der Waals surface area contributed by atoms with Gasteiger partial charge in [0, 0.05) is 29.8 Å². The number of rotatable bonds is 6. The van der Waals surface area contributed by atoms with Crippen molar-refractivity contribution in [1.82, 2.24) is 24.7 Å². The molecule has 1 aliphatic rings. The molecular weight excluding hydrogens is 455 g/mol. The number of nitrogens with one attached hydrogen (secondary N) is 2. The number of aromatic amines is 1. The summed E-state index contributed by atoms with van der Waals surface area (Å²) < 4.78 is 21.6. The number of fused-ring (bicyclic) bond motifs is 1. The molecule has 0 saturated carbocycles. The summed E-state index contributed by atoms with van der Waals surface area (Å²) >= 11 is 0. The highest BCUT2D eigenvalue weighted by Gasteiger charge is 2.20. The van der Waals surface area contributed by atoms with Crippen molar-refractivity contribution in [1.29, 1.82) is 0 Å². The molecule has 8 heteroatoms. The third-order valence-corrected chi connectivity index (χ3v) is 6.49. The molecule has 6 rings (SSSR count). The highest BCUT2D eigenvalue weighted by Crippen LogP contribution is 2.34. The number of benzene rings is 2. The molecule has 1 saturated heterocycles. The molecule has 1 unspecified atom stereocenters. The van der Waals surface area contributed by atoms with Gasteiger partial charge in [0.2, 0.25) is 5.95 Å². The lowest BCUT2D eigenvalue weighted by Crippen LogP contribution is -2.18. The summed E-state index contributed by atoms with van der Waals surface area (Å²) in [6.07, 6.45) is 5.09. The maximum atomic E-state index is 13.6. The summed E-state index contributed by atoms with van der Waals surface area (Å²) in [7, 11) is 0. The van der Waals surface area contributed by atoms with Crippen molar-refractivity contribution >= 4 is 16.9 Å². The zero-order valence-corrected chi connectivity index (χ0v) is 20.0. The summed E-state index contributed by atoms with van der Waals surface area (Å²) in [6.45, 7) is 3.19. The van der Waals surface area contributed by atoms with Crippen LogP contribution in [0.2, 0.25) is 0 Å². The lowest BCUT2D eigenvalue weighted by Gasteiger charge is -2.23. The fourth-order valence-corrected chi connectivity index (χ4v) is 4.71. The topological polar surface area (TPSA) is 80.7 Å². The summed E-state index contributed by atoms with van der Waals surface area (Å²) in [5.74, 6) is 0.338. The highest BCUT2D eigenvalue weighted by atomic mass is 19.1. The Balaban J connectivity index is 1.36. The van der Waals surface area contributed by atoms with Crippen LogP contribution in [0.5, 0.6) is 0 Å². The Morgan fingerprint density at radius 1 is 1.08 bits per heavy atom. The van der Waals surface area contributed by atoms with Crippen LogP contribution in [0.3, 0.4) is 0 Å². The van der Waals surface area contributed by atoms with Crippen LogP contribution in [0, 0.1) is 12.7 Å². The fourth-order valence-electron chi connectivity index (χ4n) is 4.71. The maximum Gasteiger partial charge on any atom is 0.201 e. The molecule has 0 spiro atoms. The first-order valence-electron chi connectivity index (χ1n) is 12.3. The highest BCUT2D eigenvalue weighted by molar-refractivity contribution is 5.87. The Hall–Kier alpha value is -4.04. The van der Waals surface area contributed by atoms with Gasteiger partial charge < -0.3 is 15.0 Å². The molecular formula is C28H27FN6O. The second-order valence-corrected chi connectivity index (χ2v) is 9.14. The molecule has 2 N–H and O–H groups in total. The molecule has 7 nitrogen and oxygen atoms in total. The summed E-state index contributed by atoms with van der Waals surface area (Å²) in [5, 5.41) is 8.95. The van der Waals surface area contributed by atoms with E-state index in [1.807, 2.05) is 42.1 Å². The van der Waals surface area contributed by atoms with Gasteiger partial charge in [-0.1, -0.05) is 24.3 Å². The lowest BCUT2D eigenvalue weighted by atomic mass is 10.1. The molecule has 1 atom stereocenters. The van der Waals surface area contributed by atoms with Crippen LogP contribution in [0.4, 0.5) is 10.3 Å². The van der Waals surface area contributed by atoms with E-state index in [1.54, 1.807) is 6.07 Å². The third kappa shape index (κ3) is 4.47. The van der Waals surface area contributed by atoms with Gasteiger partial charge >= 0.3 is 0 Å². The van der Waals surface area contributed by atoms with Gasteiger partial charge in [-0.05, 0) is 68.1 Å². The molecule has 0 radical (unpaired) electrons. The average Bonchev–Trinajstić information content (AvgIpc) is 3.52. The Kier molecular flexibility index (Phi) is 5.95. The van der Waals surface area contributed by atoms with Crippen LogP contribution >= 0.6 is 0 Å². The SMILES string of the molecule is Cc1cccc(-c2[nH]c(NCc3cccc(F)c3)nc2-c2ccc3c(cnn3C3CCCCO3)c2)n1. The molecule has 5 aromatic rings. The van der Waals surface area contributed by atoms with E-state index in [2.05, 4.69) is 33.6 Å². The smallest absolute Gasteiger partial charge is 0.201 e. The van der Waals surface area contributed by atoms with E-state index in [-0.39, 0.29) is 12.0 Å². The van der Waals surface area contributed by atoms with Crippen molar-refractivity contribution in [3.05, 3.63) is 83.9 Å². The van der Waals surface area contributed by atoms with Crippen molar-refractivity contribution < 1.29 is 9.13 Å². The zero-order valence-electron chi connectivity index (χ0n) is 20.0. The van der Waals surface area contributed by atoms with Crippen LogP contribution in [-0.2, 0) is 11.3 Å². The van der Waals surface area contributed by atoms with Crippen molar-refractivity contribution in [3.63, 3.8) is 0 Å². The molecule has 2 aromatic carbocycles. The largest absolute Gasteiger partial charge is 0.356 e. The first kappa shape index (κ1) is 22.4. The number of anilines is 1.